The monoisotopic (exact) mass is 125 g/mol. The molecular formula is C8H15N. The molecule has 0 bridgehead atoms. The molecule has 2 unspecified atom stereocenters. The third-order valence-electron chi connectivity index (χ3n) is 3.00. The van der Waals surface area contributed by atoms with Crippen LogP contribution in [0.25, 0.3) is 0 Å². The second kappa shape index (κ2) is 1.72. The Labute approximate surface area is 56.8 Å². The van der Waals surface area contributed by atoms with Gasteiger partial charge in [-0.1, -0.05) is 13.3 Å². The maximum Gasteiger partial charge on any atom is 0.0214 e. The first-order valence-corrected chi connectivity index (χ1v) is 4.12. The molecule has 0 aromatic heterocycles. The van der Waals surface area contributed by atoms with E-state index >= 15 is 0 Å². The van der Waals surface area contributed by atoms with Crippen LogP contribution in [0.4, 0.5) is 0 Å². The molecule has 1 heteroatoms. The Balaban J connectivity index is 1.97. The van der Waals surface area contributed by atoms with E-state index in [0.717, 1.165) is 5.92 Å². The third-order valence-corrected chi connectivity index (χ3v) is 3.00. The topological polar surface area (TPSA) is 12.0 Å². The lowest BCUT2D eigenvalue weighted by Gasteiger charge is -2.06. The lowest BCUT2D eigenvalue weighted by molar-refractivity contribution is 0.527. The molecule has 1 saturated carbocycles. The first-order chi connectivity index (χ1) is 4.37. The molecule has 1 N–H and O–H groups in total. The van der Waals surface area contributed by atoms with Gasteiger partial charge in [-0.2, -0.15) is 0 Å². The summed E-state index contributed by atoms with van der Waals surface area (Å²) in [4.78, 5) is 0. The normalized spacial score (nSPS) is 48.3. The van der Waals surface area contributed by atoms with Crippen molar-refractivity contribution in [1.82, 2.24) is 5.32 Å². The molecule has 1 heterocycles. The summed E-state index contributed by atoms with van der Waals surface area (Å²) in [6, 6.07) is 0. The Kier molecular flexibility index (Phi) is 1.10. The minimum atomic E-state index is 0.661. The fourth-order valence-corrected chi connectivity index (χ4v) is 2.27. The van der Waals surface area contributed by atoms with Gasteiger partial charge in [-0.25, -0.2) is 0 Å². The average molecular weight is 125 g/mol. The van der Waals surface area contributed by atoms with Crippen molar-refractivity contribution in [2.75, 3.05) is 6.54 Å². The molecule has 2 fully saturated rings. The predicted octanol–water partition coefficient (Wildman–Crippen LogP) is 1.54. The molecule has 2 rings (SSSR count). The first-order valence-electron chi connectivity index (χ1n) is 4.12. The van der Waals surface area contributed by atoms with Crippen LogP contribution in [0.3, 0.4) is 0 Å². The summed E-state index contributed by atoms with van der Waals surface area (Å²) in [7, 11) is 0. The smallest absolute Gasteiger partial charge is 0.0214 e. The molecule has 0 aromatic carbocycles. The number of hydrogen-bond donors (Lipinski definition) is 1. The Bertz CT molecular complexity index is 114. The van der Waals surface area contributed by atoms with Crippen LogP contribution in [-0.4, -0.2) is 12.1 Å². The fourth-order valence-electron chi connectivity index (χ4n) is 2.27. The van der Waals surface area contributed by atoms with Crippen molar-refractivity contribution in [2.45, 2.75) is 38.1 Å². The van der Waals surface area contributed by atoms with Crippen LogP contribution in [0.5, 0.6) is 0 Å². The number of hydrogen-bond acceptors (Lipinski definition) is 1. The van der Waals surface area contributed by atoms with E-state index in [4.69, 9.17) is 0 Å². The number of rotatable bonds is 1. The minimum absolute atomic E-state index is 0.661. The third kappa shape index (κ3) is 0.710. The van der Waals surface area contributed by atoms with E-state index in [1.165, 1.54) is 32.2 Å². The molecule has 1 nitrogen and oxygen atoms in total. The van der Waals surface area contributed by atoms with Gasteiger partial charge in [-0.3, -0.25) is 0 Å². The van der Waals surface area contributed by atoms with Gasteiger partial charge < -0.3 is 5.32 Å². The number of nitrogens with one attached hydrogen (secondary N) is 1. The van der Waals surface area contributed by atoms with E-state index in [9.17, 15) is 0 Å². The Hall–Kier alpha value is -0.0400. The molecular weight excluding hydrogens is 110 g/mol. The van der Waals surface area contributed by atoms with Crippen LogP contribution in [-0.2, 0) is 0 Å². The maximum atomic E-state index is 3.61. The Morgan fingerprint density at radius 3 is 3.00 bits per heavy atom. The SMILES string of the molecule is CCC1CC12CCCN2. The van der Waals surface area contributed by atoms with Gasteiger partial charge in [0.2, 0.25) is 0 Å². The first kappa shape index (κ1) is 5.72. The van der Waals surface area contributed by atoms with Crippen LogP contribution in [0.15, 0.2) is 0 Å². The highest BCUT2D eigenvalue weighted by atomic mass is 15.1. The molecule has 0 radical (unpaired) electrons. The molecule has 2 aliphatic rings. The van der Waals surface area contributed by atoms with Crippen molar-refractivity contribution in [3.8, 4) is 0 Å². The molecule has 52 valence electrons. The van der Waals surface area contributed by atoms with Crippen LogP contribution in [0.1, 0.15) is 32.6 Å². The highest BCUT2D eigenvalue weighted by molar-refractivity contribution is 5.11. The Morgan fingerprint density at radius 1 is 1.67 bits per heavy atom. The van der Waals surface area contributed by atoms with Gasteiger partial charge in [0, 0.05) is 5.54 Å². The summed E-state index contributed by atoms with van der Waals surface area (Å²) in [5.41, 5.74) is 0.661. The van der Waals surface area contributed by atoms with E-state index < -0.39 is 0 Å². The van der Waals surface area contributed by atoms with Crippen molar-refractivity contribution >= 4 is 0 Å². The largest absolute Gasteiger partial charge is 0.311 e. The zero-order valence-electron chi connectivity index (χ0n) is 6.11. The predicted molar refractivity (Wildman–Crippen MR) is 38.4 cm³/mol. The van der Waals surface area contributed by atoms with Gasteiger partial charge in [-0.05, 0) is 31.7 Å². The maximum absolute atomic E-state index is 3.61. The molecule has 1 aliphatic heterocycles. The van der Waals surface area contributed by atoms with E-state index in [-0.39, 0.29) is 0 Å². The van der Waals surface area contributed by atoms with E-state index in [1.54, 1.807) is 0 Å². The van der Waals surface area contributed by atoms with Gasteiger partial charge in [0.1, 0.15) is 0 Å². The lowest BCUT2D eigenvalue weighted by Crippen LogP contribution is -2.25. The summed E-state index contributed by atoms with van der Waals surface area (Å²) in [5, 5.41) is 3.61. The van der Waals surface area contributed by atoms with Gasteiger partial charge in [0.15, 0.2) is 0 Å². The molecule has 0 amide bonds. The summed E-state index contributed by atoms with van der Waals surface area (Å²) in [6.45, 7) is 3.58. The highest BCUT2D eigenvalue weighted by Crippen LogP contribution is 2.50. The van der Waals surface area contributed by atoms with Crippen LogP contribution >= 0.6 is 0 Å². The molecule has 0 aromatic rings. The average Bonchev–Trinajstić information content (AvgIpc) is 2.30. The minimum Gasteiger partial charge on any atom is -0.311 e. The van der Waals surface area contributed by atoms with Crippen LogP contribution < -0.4 is 5.32 Å². The molecule has 1 aliphatic carbocycles. The molecule has 1 saturated heterocycles. The van der Waals surface area contributed by atoms with Gasteiger partial charge in [-0.15, -0.1) is 0 Å². The second-order valence-corrected chi connectivity index (χ2v) is 3.50. The van der Waals surface area contributed by atoms with E-state index in [1.807, 2.05) is 0 Å². The molecule has 2 atom stereocenters. The van der Waals surface area contributed by atoms with Gasteiger partial charge in [0.05, 0.1) is 0 Å². The second-order valence-electron chi connectivity index (χ2n) is 3.50. The van der Waals surface area contributed by atoms with E-state index in [2.05, 4.69) is 12.2 Å². The van der Waals surface area contributed by atoms with Crippen molar-refractivity contribution in [3.05, 3.63) is 0 Å². The quantitative estimate of drug-likeness (QED) is 0.560. The highest BCUT2D eigenvalue weighted by Gasteiger charge is 2.53. The van der Waals surface area contributed by atoms with Crippen molar-refractivity contribution in [3.63, 3.8) is 0 Å². The Morgan fingerprint density at radius 2 is 2.56 bits per heavy atom. The lowest BCUT2D eigenvalue weighted by atomic mass is 10.1. The molecule has 9 heavy (non-hydrogen) atoms. The summed E-state index contributed by atoms with van der Waals surface area (Å²) >= 11 is 0. The van der Waals surface area contributed by atoms with Crippen LogP contribution in [0, 0.1) is 5.92 Å². The van der Waals surface area contributed by atoms with E-state index in [0.29, 0.717) is 5.54 Å². The summed E-state index contributed by atoms with van der Waals surface area (Å²) in [5.74, 6) is 1.03. The van der Waals surface area contributed by atoms with Gasteiger partial charge >= 0.3 is 0 Å². The van der Waals surface area contributed by atoms with Crippen molar-refractivity contribution in [1.29, 1.82) is 0 Å². The zero-order valence-corrected chi connectivity index (χ0v) is 6.11. The van der Waals surface area contributed by atoms with Crippen molar-refractivity contribution in [2.24, 2.45) is 5.92 Å². The summed E-state index contributed by atoms with van der Waals surface area (Å²) in [6.07, 6.45) is 5.71. The summed E-state index contributed by atoms with van der Waals surface area (Å²) < 4.78 is 0. The van der Waals surface area contributed by atoms with Gasteiger partial charge in [0.25, 0.3) is 0 Å². The van der Waals surface area contributed by atoms with Crippen molar-refractivity contribution < 1.29 is 0 Å². The molecule has 1 spiro atoms. The van der Waals surface area contributed by atoms with Crippen LogP contribution in [0.2, 0.25) is 0 Å². The standard InChI is InChI=1S/C8H15N/c1-2-7-6-8(7)4-3-5-9-8/h7,9H,2-6H2,1H3. The zero-order chi connectivity index (χ0) is 6.32. The fraction of sp³-hybridized carbons (Fsp3) is 1.00.